The maximum absolute atomic E-state index is 12.7. The number of hydrogen-bond donors (Lipinski definition) is 2. The van der Waals surface area contributed by atoms with E-state index in [1.165, 1.54) is 0 Å². The quantitative estimate of drug-likeness (QED) is 0.0393. The Hall–Kier alpha value is -2.06. The van der Waals surface area contributed by atoms with Crippen LogP contribution in [0.4, 0.5) is 0 Å². The molecule has 9 heteroatoms. The summed E-state index contributed by atoms with van der Waals surface area (Å²) < 4.78 is 22.9. The van der Waals surface area contributed by atoms with Crippen LogP contribution in [0.1, 0.15) is 97.3 Å². The Labute approximate surface area is 274 Å². The van der Waals surface area contributed by atoms with Crippen LogP contribution >= 0.6 is 7.82 Å². The molecule has 2 N–H and O–H groups in total. The molecule has 0 spiro atoms. The Morgan fingerprint density at radius 1 is 0.778 bits per heavy atom. The average Bonchev–Trinajstić information content (AvgIpc) is 2.97. The first kappa shape index (κ1) is 42.9. The third-order valence-electron chi connectivity index (χ3n) is 6.64. The predicted octanol–water partition coefficient (Wildman–Crippen LogP) is 7.49. The van der Waals surface area contributed by atoms with Crippen LogP contribution in [0.25, 0.3) is 0 Å². The fourth-order valence-corrected chi connectivity index (χ4v) is 4.69. The van der Waals surface area contributed by atoms with E-state index < -0.39 is 26.6 Å². The Morgan fingerprint density at radius 2 is 1.31 bits per heavy atom. The molecule has 0 radical (unpaired) electrons. The van der Waals surface area contributed by atoms with Crippen LogP contribution in [-0.2, 0) is 18.4 Å². The zero-order valence-electron chi connectivity index (χ0n) is 28.8. The fraction of sp³-hybridized carbons (Fsp3) is 0.639. The van der Waals surface area contributed by atoms with Gasteiger partial charge in [-0.3, -0.25) is 9.36 Å². The number of carbonyl (C=O) groups excluding carboxylic acids is 1. The van der Waals surface area contributed by atoms with Gasteiger partial charge in [0, 0.05) is 6.42 Å². The van der Waals surface area contributed by atoms with Gasteiger partial charge in [0.25, 0.3) is 7.82 Å². The summed E-state index contributed by atoms with van der Waals surface area (Å²) >= 11 is 0. The van der Waals surface area contributed by atoms with Crippen molar-refractivity contribution < 1.29 is 32.9 Å². The molecule has 0 aliphatic carbocycles. The van der Waals surface area contributed by atoms with Crippen LogP contribution in [0.2, 0.25) is 0 Å². The lowest BCUT2D eigenvalue weighted by Gasteiger charge is -2.29. The lowest BCUT2D eigenvalue weighted by atomic mass is 10.1. The summed E-state index contributed by atoms with van der Waals surface area (Å²) in [6, 6.07) is -0.924. The highest BCUT2D eigenvalue weighted by atomic mass is 31.2. The highest BCUT2D eigenvalue weighted by Crippen LogP contribution is 2.38. The minimum atomic E-state index is -4.60. The molecular formula is C36H63N2O6P. The summed E-state index contributed by atoms with van der Waals surface area (Å²) in [4.78, 5) is 25.0. The molecular weight excluding hydrogens is 587 g/mol. The van der Waals surface area contributed by atoms with Gasteiger partial charge in [0.1, 0.15) is 13.2 Å². The number of hydrogen-bond acceptors (Lipinski definition) is 6. The summed E-state index contributed by atoms with van der Waals surface area (Å²) in [5, 5.41) is 13.6. The van der Waals surface area contributed by atoms with Crippen molar-refractivity contribution in [2.75, 3.05) is 40.9 Å². The predicted molar refractivity (Wildman–Crippen MR) is 187 cm³/mol. The first-order valence-corrected chi connectivity index (χ1v) is 18.3. The Morgan fingerprint density at radius 3 is 1.93 bits per heavy atom. The second kappa shape index (κ2) is 28.2. The molecule has 0 aromatic heterocycles. The van der Waals surface area contributed by atoms with Crippen LogP contribution in [0, 0.1) is 0 Å². The number of carbonyl (C=O) groups is 1. The maximum atomic E-state index is 12.7. The topological polar surface area (TPSA) is 108 Å². The van der Waals surface area contributed by atoms with E-state index in [9.17, 15) is 19.4 Å². The van der Waals surface area contributed by atoms with Gasteiger partial charge in [-0.1, -0.05) is 93.2 Å². The number of unbranched alkanes of at least 4 members (excludes halogenated alkanes) is 5. The molecule has 0 rings (SSSR count). The largest absolute Gasteiger partial charge is 0.756 e. The van der Waals surface area contributed by atoms with Crippen LogP contribution < -0.4 is 10.2 Å². The number of nitrogens with zero attached hydrogens (tertiary/aromatic N) is 1. The molecule has 45 heavy (non-hydrogen) atoms. The number of amides is 1. The van der Waals surface area contributed by atoms with E-state index in [2.05, 4.69) is 79.9 Å². The molecule has 0 saturated carbocycles. The van der Waals surface area contributed by atoms with E-state index in [0.29, 0.717) is 17.4 Å². The van der Waals surface area contributed by atoms with E-state index in [-0.39, 0.29) is 18.9 Å². The van der Waals surface area contributed by atoms with Crippen LogP contribution in [0.15, 0.2) is 72.9 Å². The van der Waals surface area contributed by atoms with E-state index in [0.717, 1.165) is 70.6 Å². The molecule has 0 saturated heterocycles. The monoisotopic (exact) mass is 650 g/mol. The highest BCUT2D eigenvalue weighted by Gasteiger charge is 2.23. The summed E-state index contributed by atoms with van der Waals surface area (Å²) in [5.74, 6) is -0.249. The zero-order chi connectivity index (χ0) is 33.7. The van der Waals surface area contributed by atoms with Gasteiger partial charge in [0.15, 0.2) is 0 Å². The number of aliphatic hydroxyl groups excluding tert-OH is 1. The lowest BCUT2D eigenvalue weighted by molar-refractivity contribution is -0.870. The smallest absolute Gasteiger partial charge is 0.268 e. The number of rotatable bonds is 28. The van der Waals surface area contributed by atoms with E-state index in [1.54, 1.807) is 6.08 Å². The Kier molecular flexibility index (Phi) is 26.9. The number of phosphoric acid groups is 1. The third kappa shape index (κ3) is 30.4. The van der Waals surface area contributed by atoms with Gasteiger partial charge in [-0.2, -0.15) is 0 Å². The van der Waals surface area contributed by atoms with Crippen molar-refractivity contribution >= 4 is 13.7 Å². The minimum Gasteiger partial charge on any atom is -0.756 e. The van der Waals surface area contributed by atoms with Crippen LogP contribution in [-0.4, -0.2) is 68.5 Å². The molecule has 0 heterocycles. The SMILES string of the molecule is CC/C=C\C/C=C\C/C=C\CCCCCC(=O)NC(COP(=O)([O-])OCC[N+](C)(C)C)C(O)/C=C/CC/C=C/CC/C=C/CC. The van der Waals surface area contributed by atoms with Crippen molar-refractivity contribution in [1.82, 2.24) is 5.32 Å². The van der Waals surface area contributed by atoms with Gasteiger partial charge in [-0.15, -0.1) is 0 Å². The van der Waals surface area contributed by atoms with Crippen molar-refractivity contribution in [1.29, 1.82) is 0 Å². The standard InChI is InChI=1S/C36H63N2O6P/c1-6-8-10-12-14-16-18-19-20-22-24-26-28-30-36(40)37-34(33-44-45(41,42)43-32-31-38(3,4)5)35(39)29-27-25-23-21-17-15-13-11-9-7-2/h8-11,14,16-17,19-21,27,29,34-35,39H,6-7,12-13,15,18,22-26,28,30-33H2,1-5H3,(H-,37,40,41,42)/b10-8-,11-9+,16-14-,20-19-,21-17+,29-27+. The summed E-state index contributed by atoms with van der Waals surface area (Å²) in [6.45, 7) is 4.29. The second-order valence-corrected chi connectivity index (χ2v) is 13.5. The van der Waals surface area contributed by atoms with Gasteiger partial charge in [-0.05, 0) is 70.6 Å². The molecule has 0 fully saturated rings. The fourth-order valence-electron chi connectivity index (χ4n) is 3.97. The van der Waals surface area contributed by atoms with E-state index >= 15 is 0 Å². The normalized spacial score (nSPS) is 15.8. The molecule has 3 atom stereocenters. The van der Waals surface area contributed by atoms with Crippen molar-refractivity contribution in [2.45, 2.75) is 109 Å². The van der Waals surface area contributed by atoms with Crippen molar-refractivity contribution in [3.05, 3.63) is 72.9 Å². The number of likely N-dealkylation sites (N-methyl/N-ethyl adjacent to an activating group) is 1. The van der Waals surface area contributed by atoms with Gasteiger partial charge >= 0.3 is 0 Å². The average molecular weight is 651 g/mol. The maximum Gasteiger partial charge on any atom is 0.268 e. The molecule has 1 amide bonds. The number of aliphatic hydroxyl groups is 1. The number of nitrogens with one attached hydrogen (secondary N) is 1. The van der Waals surface area contributed by atoms with E-state index in [1.807, 2.05) is 27.2 Å². The van der Waals surface area contributed by atoms with Crippen LogP contribution in [0.5, 0.6) is 0 Å². The van der Waals surface area contributed by atoms with Crippen LogP contribution in [0.3, 0.4) is 0 Å². The van der Waals surface area contributed by atoms with Crippen molar-refractivity contribution in [2.24, 2.45) is 0 Å². The molecule has 0 aliphatic rings. The lowest BCUT2D eigenvalue weighted by Crippen LogP contribution is -2.45. The zero-order valence-corrected chi connectivity index (χ0v) is 29.7. The minimum absolute atomic E-state index is 0.0191. The summed E-state index contributed by atoms with van der Waals surface area (Å²) in [6.07, 6.45) is 35.3. The molecule has 0 bridgehead atoms. The Bertz CT molecular complexity index is 965. The van der Waals surface area contributed by atoms with Gasteiger partial charge in [0.2, 0.25) is 5.91 Å². The van der Waals surface area contributed by atoms with Gasteiger partial charge in [0.05, 0.1) is 39.9 Å². The summed E-state index contributed by atoms with van der Waals surface area (Å²) in [7, 11) is 1.19. The van der Waals surface area contributed by atoms with Gasteiger partial charge < -0.3 is 28.8 Å². The first-order chi connectivity index (χ1) is 21.5. The highest BCUT2D eigenvalue weighted by molar-refractivity contribution is 7.45. The molecule has 0 aliphatic heterocycles. The van der Waals surface area contributed by atoms with Crippen molar-refractivity contribution in [3.8, 4) is 0 Å². The number of allylic oxidation sites excluding steroid dienone is 11. The molecule has 8 nitrogen and oxygen atoms in total. The van der Waals surface area contributed by atoms with Gasteiger partial charge in [-0.25, -0.2) is 0 Å². The molecule has 0 aromatic rings. The van der Waals surface area contributed by atoms with Crippen molar-refractivity contribution in [3.63, 3.8) is 0 Å². The van der Waals surface area contributed by atoms with E-state index in [4.69, 9.17) is 9.05 Å². The molecule has 0 aromatic carbocycles. The third-order valence-corrected chi connectivity index (χ3v) is 7.60. The molecule has 3 unspecified atom stereocenters. The molecule has 258 valence electrons. The number of quaternary nitrogens is 1. The first-order valence-electron chi connectivity index (χ1n) is 16.8. The second-order valence-electron chi connectivity index (χ2n) is 12.1. The number of phosphoric ester groups is 1. The Balaban J connectivity index is 4.74. The summed E-state index contributed by atoms with van der Waals surface area (Å²) in [5.41, 5.74) is 0.